The maximum absolute atomic E-state index is 11.9. The van der Waals surface area contributed by atoms with Crippen molar-refractivity contribution >= 4 is 11.9 Å². The molecule has 0 aliphatic heterocycles. The van der Waals surface area contributed by atoms with Gasteiger partial charge in [0.2, 0.25) is 0 Å². The molecule has 1 aromatic heterocycles. The van der Waals surface area contributed by atoms with Gasteiger partial charge in [0.05, 0.1) is 0 Å². The zero-order valence-electron chi connectivity index (χ0n) is 9.30. The minimum Gasteiger partial charge on any atom is -0.480 e. The van der Waals surface area contributed by atoms with E-state index in [0.717, 1.165) is 0 Å². The number of carboxylic acids is 1. The van der Waals surface area contributed by atoms with Gasteiger partial charge >= 0.3 is 5.97 Å². The van der Waals surface area contributed by atoms with Crippen molar-refractivity contribution in [3.05, 3.63) is 18.0 Å². The Balaban J connectivity index is 2.84. The Hall–Kier alpha value is -1.85. The maximum Gasteiger partial charge on any atom is 0.323 e. The van der Waals surface area contributed by atoms with E-state index in [4.69, 9.17) is 5.11 Å². The van der Waals surface area contributed by atoms with Crippen LogP contribution in [0.2, 0.25) is 0 Å². The van der Waals surface area contributed by atoms with Gasteiger partial charge in [-0.1, -0.05) is 6.92 Å². The predicted octanol–water partition coefficient (Wildman–Crippen LogP) is 0.735. The van der Waals surface area contributed by atoms with E-state index in [1.54, 1.807) is 0 Å². The molecule has 16 heavy (non-hydrogen) atoms. The number of aromatic nitrogens is 2. The van der Waals surface area contributed by atoms with Crippen molar-refractivity contribution in [1.82, 2.24) is 15.1 Å². The summed E-state index contributed by atoms with van der Waals surface area (Å²) in [6.45, 7) is 3.42. The molecule has 0 saturated heterocycles. The Morgan fingerprint density at radius 3 is 2.75 bits per heavy atom. The molecule has 1 rings (SSSR count). The predicted molar refractivity (Wildman–Crippen MR) is 57.0 cm³/mol. The van der Waals surface area contributed by atoms with Crippen LogP contribution in [0.3, 0.4) is 0 Å². The van der Waals surface area contributed by atoms with Crippen molar-refractivity contribution in [2.45, 2.75) is 26.3 Å². The minimum absolute atomic E-state index is 0.119. The van der Waals surface area contributed by atoms with Crippen molar-refractivity contribution in [3.8, 4) is 0 Å². The third kappa shape index (κ3) is 2.82. The lowest BCUT2D eigenvalue weighted by molar-refractivity contribution is -0.138. The van der Waals surface area contributed by atoms with Gasteiger partial charge in [0.25, 0.3) is 5.91 Å². The number of nitrogens with zero attached hydrogens (tertiary/aromatic N) is 2. The van der Waals surface area contributed by atoms with Gasteiger partial charge in [-0.25, -0.2) is 0 Å². The van der Waals surface area contributed by atoms with Gasteiger partial charge in [-0.3, -0.25) is 14.7 Å². The van der Waals surface area contributed by atoms with Gasteiger partial charge in [-0.15, -0.1) is 0 Å². The first-order valence-electron chi connectivity index (χ1n) is 5.08. The van der Waals surface area contributed by atoms with E-state index in [2.05, 4.69) is 10.2 Å². The Bertz CT molecular complexity index is 361. The zero-order valence-corrected chi connectivity index (χ0v) is 9.30. The van der Waals surface area contributed by atoms with E-state index in [1.165, 1.54) is 17.2 Å². The first kappa shape index (κ1) is 12.2. The smallest absolute Gasteiger partial charge is 0.323 e. The number of carboxylic acid groups (broad SMARTS) is 1. The maximum atomic E-state index is 11.9. The molecule has 0 aromatic carbocycles. The average molecular weight is 225 g/mol. The largest absolute Gasteiger partial charge is 0.480 e. The number of hydrogen-bond donors (Lipinski definition) is 2. The molecule has 1 unspecified atom stereocenters. The number of aliphatic carboxylic acids is 1. The molecule has 1 amide bonds. The van der Waals surface area contributed by atoms with Gasteiger partial charge < -0.3 is 10.0 Å². The van der Waals surface area contributed by atoms with Crippen LogP contribution in [0.1, 0.15) is 30.8 Å². The van der Waals surface area contributed by atoms with E-state index in [1.807, 2.05) is 13.8 Å². The van der Waals surface area contributed by atoms with Crippen molar-refractivity contribution in [2.75, 3.05) is 6.54 Å². The highest BCUT2D eigenvalue weighted by atomic mass is 16.4. The molecule has 88 valence electrons. The Morgan fingerprint density at radius 1 is 1.62 bits per heavy atom. The van der Waals surface area contributed by atoms with Crippen molar-refractivity contribution < 1.29 is 14.7 Å². The summed E-state index contributed by atoms with van der Waals surface area (Å²) >= 11 is 0. The molecule has 0 aliphatic carbocycles. The van der Waals surface area contributed by atoms with Crippen molar-refractivity contribution in [3.63, 3.8) is 0 Å². The molecule has 1 aromatic rings. The number of amides is 1. The molecule has 1 atom stereocenters. The van der Waals surface area contributed by atoms with E-state index >= 15 is 0 Å². The average Bonchev–Trinajstić information content (AvgIpc) is 2.77. The normalized spacial score (nSPS) is 12.1. The molecular formula is C10H15N3O3. The fourth-order valence-electron chi connectivity index (χ4n) is 1.32. The Kier molecular flexibility index (Phi) is 4.04. The summed E-state index contributed by atoms with van der Waals surface area (Å²) in [5, 5.41) is 15.0. The number of carbonyl (C=O) groups is 2. The summed E-state index contributed by atoms with van der Waals surface area (Å²) in [7, 11) is 0. The highest BCUT2D eigenvalue weighted by Gasteiger charge is 2.23. The quantitative estimate of drug-likeness (QED) is 0.773. The number of nitrogens with one attached hydrogen (secondary N) is 1. The Morgan fingerprint density at radius 2 is 2.31 bits per heavy atom. The van der Waals surface area contributed by atoms with Crippen LogP contribution < -0.4 is 0 Å². The number of hydrogen-bond acceptors (Lipinski definition) is 3. The summed E-state index contributed by atoms with van der Waals surface area (Å²) in [6, 6.07) is 1.41. The molecule has 0 radical (unpaired) electrons. The van der Waals surface area contributed by atoms with Crippen LogP contribution in [0.5, 0.6) is 0 Å². The van der Waals surface area contributed by atoms with Crippen LogP contribution >= 0.6 is 0 Å². The topological polar surface area (TPSA) is 86.3 Å². The van der Waals surface area contributed by atoms with Gasteiger partial charge in [-0.2, -0.15) is 5.10 Å². The number of aromatic amines is 1. The van der Waals surface area contributed by atoms with Gasteiger partial charge in [0.1, 0.15) is 12.2 Å². The molecule has 0 aliphatic rings. The van der Waals surface area contributed by atoms with E-state index in [0.29, 0.717) is 12.1 Å². The second kappa shape index (κ2) is 5.29. The lowest BCUT2D eigenvalue weighted by Crippen LogP contribution is -2.42. The van der Waals surface area contributed by atoms with Crippen LogP contribution in [0.4, 0.5) is 0 Å². The number of rotatable bonds is 5. The summed E-state index contributed by atoms with van der Waals surface area (Å²) in [5.41, 5.74) is 0.307. The second-order valence-corrected chi connectivity index (χ2v) is 3.55. The molecule has 2 N–H and O–H groups in total. The fourth-order valence-corrected chi connectivity index (χ4v) is 1.32. The van der Waals surface area contributed by atoms with Crippen LogP contribution in [0, 0.1) is 0 Å². The number of carbonyl (C=O) groups excluding carboxylic acids is 1. The van der Waals surface area contributed by atoms with Gasteiger partial charge in [-0.05, 0) is 19.4 Å². The zero-order chi connectivity index (χ0) is 12.1. The SMILES string of the molecule is CCC(C)N(CC(=O)O)C(=O)c1ccn[nH]1. The Labute approximate surface area is 93.3 Å². The lowest BCUT2D eigenvalue weighted by Gasteiger charge is -2.26. The molecule has 6 heteroatoms. The molecule has 0 bridgehead atoms. The third-order valence-electron chi connectivity index (χ3n) is 2.42. The standard InChI is InChI=1S/C10H15N3O3/c1-3-7(2)13(6-9(14)15)10(16)8-4-5-11-12-8/h4-5,7H,3,6H2,1-2H3,(H,11,12)(H,14,15). The van der Waals surface area contributed by atoms with Crippen molar-refractivity contribution in [2.24, 2.45) is 0 Å². The molecule has 0 spiro atoms. The van der Waals surface area contributed by atoms with Crippen LogP contribution in [-0.2, 0) is 4.79 Å². The molecule has 0 saturated carbocycles. The molecule has 0 fully saturated rings. The molecule has 1 heterocycles. The van der Waals surface area contributed by atoms with Crippen molar-refractivity contribution in [1.29, 1.82) is 0 Å². The summed E-state index contributed by atoms with van der Waals surface area (Å²) in [6.07, 6.45) is 2.16. The van der Waals surface area contributed by atoms with Crippen LogP contribution in [-0.4, -0.2) is 44.7 Å². The van der Waals surface area contributed by atoms with E-state index < -0.39 is 5.97 Å². The first-order chi connectivity index (χ1) is 7.56. The van der Waals surface area contributed by atoms with E-state index in [9.17, 15) is 9.59 Å². The molecule has 6 nitrogen and oxygen atoms in total. The minimum atomic E-state index is -1.02. The highest BCUT2D eigenvalue weighted by molar-refractivity contribution is 5.94. The van der Waals surface area contributed by atoms with E-state index in [-0.39, 0.29) is 18.5 Å². The van der Waals surface area contributed by atoms with Crippen LogP contribution in [0.25, 0.3) is 0 Å². The summed E-state index contributed by atoms with van der Waals surface area (Å²) < 4.78 is 0. The van der Waals surface area contributed by atoms with Crippen LogP contribution in [0.15, 0.2) is 12.3 Å². The monoisotopic (exact) mass is 225 g/mol. The third-order valence-corrected chi connectivity index (χ3v) is 2.42. The summed E-state index contributed by atoms with van der Waals surface area (Å²) in [5.74, 6) is -1.36. The second-order valence-electron chi connectivity index (χ2n) is 3.55. The lowest BCUT2D eigenvalue weighted by atomic mass is 10.2. The molecular weight excluding hydrogens is 210 g/mol. The number of H-pyrrole nitrogens is 1. The van der Waals surface area contributed by atoms with Gasteiger partial charge in [0, 0.05) is 12.2 Å². The fraction of sp³-hybridized carbons (Fsp3) is 0.500. The van der Waals surface area contributed by atoms with Gasteiger partial charge in [0.15, 0.2) is 0 Å². The first-order valence-corrected chi connectivity index (χ1v) is 5.08. The summed E-state index contributed by atoms with van der Waals surface area (Å²) in [4.78, 5) is 23.9. The highest BCUT2D eigenvalue weighted by Crippen LogP contribution is 2.08.